The van der Waals surface area contributed by atoms with E-state index in [1.807, 2.05) is 6.07 Å². The lowest BCUT2D eigenvalue weighted by molar-refractivity contribution is 0.205. The maximum Gasteiger partial charge on any atom is 0.126 e. The summed E-state index contributed by atoms with van der Waals surface area (Å²) in [6.45, 7) is 5.95. The molecule has 1 aliphatic heterocycles. The summed E-state index contributed by atoms with van der Waals surface area (Å²) in [7, 11) is 3.52. The van der Waals surface area contributed by atoms with Gasteiger partial charge in [-0.25, -0.2) is 0 Å². The van der Waals surface area contributed by atoms with Gasteiger partial charge in [0.05, 0.1) is 14.2 Å². The fourth-order valence-corrected chi connectivity index (χ4v) is 4.20. The largest absolute Gasteiger partial charge is 0.496 e. The Hall–Kier alpha value is -1.22. The molecule has 2 rings (SSSR count). The van der Waals surface area contributed by atoms with E-state index in [1.165, 1.54) is 89.4 Å². The Morgan fingerprint density at radius 3 is 1.92 bits per heavy atom. The highest BCUT2D eigenvalue weighted by atomic mass is 16.5. The van der Waals surface area contributed by atoms with Gasteiger partial charge >= 0.3 is 0 Å². The Bertz CT molecular complexity index is 473. The van der Waals surface area contributed by atoms with E-state index < -0.39 is 0 Å². The Kier molecular flexibility index (Phi) is 9.91. The minimum atomic E-state index is 0.552. The Labute approximate surface area is 161 Å². The van der Waals surface area contributed by atoms with Gasteiger partial charge in [-0.1, -0.05) is 57.9 Å². The molecule has 0 radical (unpaired) electrons. The van der Waals surface area contributed by atoms with Crippen LogP contribution >= 0.6 is 0 Å². The average Bonchev–Trinajstić information content (AvgIpc) is 2.69. The molecule has 0 atom stereocenters. The lowest BCUT2D eigenvalue weighted by Crippen LogP contribution is -2.33. The van der Waals surface area contributed by atoms with Gasteiger partial charge in [0, 0.05) is 5.56 Å². The van der Waals surface area contributed by atoms with Crippen LogP contribution in [-0.4, -0.2) is 38.8 Å². The number of likely N-dealkylation sites (tertiary alicyclic amines) is 1. The van der Waals surface area contributed by atoms with Gasteiger partial charge in [-0.15, -0.1) is 0 Å². The molecule has 0 aromatic heterocycles. The smallest absolute Gasteiger partial charge is 0.126 e. The van der Waals surface area contributed by atoms with E-state index in [0.717, 1.165) is 11.5 Å². The number of unbranched alkanes of at least 4 members (excludes halogenated alkanes) is 7. The first-order chi connectivity index (χ1) is 12.8. The number of nitrogens with zero attached hydrogens (tertiary/aromatic N) is 1. The summed E-state index contributed by atoms with van der Waals surface area (Å²) in [5.41, 5.74) is 1.27. The summed E-state index contributed by atoms with van der Waals surface area (Å²) >= 11 is 0. The third-order valence-electron chi connectivity index (χ3n) is 5.79. The molecular formula is C23H39NO2. The molecule has 0 aliphatic carbocycles. The lowest BCUT2D eigenvalue weighted by atomic mass is 9.88. The van der Waals surface area contributed by atoms with Crippen molar-refractivity contribution in [1.29, 1.82) is 0 Å². The molecule has 0 saturated carbocycles. The van der Waals surface area contributed by atoms with Gasteiger partial charge in [-0.2, -0.15) is 0 Å². The molecule has 1 fully saturated rings. The molecule has 26 heavy (non-hydrogen) atoms. The van der Waals surface area contributed by atoms with Gasteiger partial charge in [-0.05, 0) is 56.9 Å². The van der Waals surface area contributed by atoms with Gasteiger partial charge in [-0.3, -0.25) is 0 Å². The number of benzene rings is 1. The lowest BCUT2D eigenvalue weighted by Gasteiger charge is -2.33. The third-order valence-corrected chi connectivity index (χ3v) is 5.79. The first-order valence-electron chi connectivity index (χ1n) is 10.7. The summed E-state index contributed by atoms with van der Waals surface area (Å²) in [5.74, 6) is 2.51. The van der Waals surface area contributed by atoms with Crippen LogP contribution in [0.15, 0.2) is 18.2 Å². The van der Waals surface area contributed by atoms with Crippen molar-refractivity contribution in [3.8, 4) is 11.5 Å². The van der Waals surface area contributed by atoms with Gasteiger partial charge in [0.25, 0.3) is 0 Å². The molecule has 1 aliphatic rings. The number of hydrogen-bond donors (Lipinski definition) is 0. The van der Waals surface area contributed by atoms with E-state index >= 15 is 0 Å². The molecular weight excluding hydrogens is 322 g/mol. The molecule has 148 valence electrons. The zero-order chi connectivity index (χ0) is 18.6. The zero-order valence-corrected chi connectivity index (χ0v) is 17.3. The van der Waals surface area contributed by atoms with E-state index in [2.05, 4.69) is 24.0 Å². The molecule has 3 heteroatoms. The van der Waals surface area contributed by atoms with Gasteiger partial charge in [0.1, 0.15) is 11.5 Å². The number of piperidine rings is 1. The van der Waals surface area contributed by atoms with E-state index in [-0.39, 0.29) is 0 Å². The van der Waals surface area contributed by atoms with Gasteiger partial charge in [0.15, 0.2) is 0 Å². The molecule has 1 aromatic rings. The highest BCUT2D eigenvalue weighted by Gasteiger charge is 2.25. The highest BCUT2D eigenvalue weighted by molar-refractivity contribution is 5.47. The van der Waals surface area contributed by atoms with E-state index in [9.17, 15) is 0 Å². The Morgan fingerprint density at radius 1 is 0.846 bits per heavy atom. The Balaban J connectivity index is 1.68. The predicted molar refractivity (Wildman–Crippen MR) is 111 cm³/mol. The van der Waals surface area contributed by atoms with Crippen LogP contribution in [0.4, 0.5) is 0 Å². The van der Waals surface area contributed by atoms with E-state index in [1.54, 1.807) is 14.2 Å². The number of rotatable bonds is 12. The van der Waals surface area contributed by atoms with Crippen molar-refractivity contribution in [2.45, 2.75) is 77.0 Å². The predicted octanol–water partition coefficient (Wildman–Crippen LogP) is 6.02. The van der Waals surface area contributed by atoms with Crippen LogP contribution in [0.3, 0.4) is 0 Å². The van der Waals surface area contributed by atoms with Crippen LogP contribution in [0.25, 0.3) is 0 Å². The fourth-order valence-electron chi connectivity index (χ4n) is 4.20. The van der Waals surface area contributed by atoms with Gasteiger partial charge in [0.2, 0.25) is 0 Å². The first kappa shape index (κ1) is 21.1. The Morgan fingerprint density at radius 2 is 1.38 bits per heavy atom. The molecule has 0 spiro atoms. The standard InChI is InChI=1S/C23H39NO2/c1-4-5-6-7-8-9-10-11-17-24-18-15-20(16-19-24)23-21(25-2)13-12-14-22(23)26-3/h12-14,20H,4-11,15-19H2,1-3H3. The monoisotopic (exact) mass is 361 g/mol. The van der Waals surface area contributed by atoms with Crippen LogP contribution in [-0.2, 0) is 0 Å². The van der Waals surface area contributed by atoms with Crippen LogP contribution in [0, 0.1) is 0 Å². The normalized spacial score (nSPS) is 16.0. The van der Waals surface area contributed by atoms with Crippen molar-refractivity contribution in [2.75, 3.05) is 33.9 Å². The van der Waals surface area contributed by atoms with Crippen molar-refractivity contribution in [2.24, 2.45) is 0 Å². The molecule has 0 amide bonds. The second-order valence-electron chi connectivity index (χ2n) is 7.67. The maximum absolute atomic E-state index is 5.60. The minimum Gasteiger partial charge on any atom is -0.496 e. The second kappa shape index (κ2) is 12.2. The van der Waals surface area contributed by atoms with Crippen molar-refractivity contribution < 1.29 is 9.47 Å². The SMILES string of the molecule is CCCCCCCCCCN1CCC(c2c(OC)cccc2OC)CC1. The van der Waals surface area contributed by atoms with E-state index in [0.29, 0.717) is 5.92 Å². The third kappa shape index (κ3) is 6.50. The molecule has 1 saturated heterocycles. The van der Waals surface area contributed by atoms with Crippen molar-refractivity contribution in [3.05, 3.63) is 23.8 Å². The molecule has 0 bridgehead atoms. The van der Waals surface area contributed by atoms with Crippen LogP contribution in [0.5, 0.6) is 11.5 Å². The van der Waals surface area contributed by atoms with Crippen molar-refractivity contribution >= 4 is 0 Å². The van der Waals surface area contributed by atoms with Gasteiger partial charge < -0.3 is 14.4 Å². The summed E-state index contributed by atoms with van der Waals surface area (Å²) in [6, 6.07) is 6.13. The summed E-state index contributed by atoms with van der Waals surface area (Å²) in [4.78, 5) is 2.65. The fraction of sp³-hybridized carbons (Fsp3) is 0.739. The van der Waals surface area contributed by atoms with Crippen LogP contribution < -0.4 is 9.47 Å². The summed E-state index contributed by atoms with van der Waals surface area (Å²) in [5, 5.41) is 0. The molecule has 1 aromatic carbocycles. The quantitative estimate of drug-likeness (QED) is 0.425. The number of hydrogen-bond acceptors (Lipinski definition) is 3. The number of ether oxygens (including phenoxy) is 2. The molecule has 3 nitrogen and oxygen atoms in total. The topological polar surface area (TPSA) is 21.7 Å². The average molecular weight is 362 g/mol. The minimum absolute atomic E-state index is 0.552. The molecule has 1 heterocycles. The van der Waals surface area contributed by atoms with Crippen LogP contribution in [0.2, 0.25) is 0 Å². The number of methoxy groups -OCH3 is 2. The summed E-state index contributed by atoms with van der Waals surface area (Å²) in [6.07, 6.45) is 13.6. The first-order valence-corrected chi connectivity index (χ1v) is 10.7. The maximum atomic E-state index is 5.60. The van der Waals surface area contributed by atoms with Crippen LogP contribution in [0.1, 0.15) is 82.6 Å². The summed E-state index contributed by atoms with van der Waals surface area (Å²) < 4.78 is 11.2. The highest BCUT2D eigenvalue weighted by Crippen LogP contribution is 2.40. The molecule has 0 N–H and O–H groups in total. The van der Waals surface area contributed by atoms with E-state index in [4.69, 9.17) is 9.47 Å². The zero-order valence-electron chi connectivity index (χ0n) is 17.3. The van der Waals surface area contributed by atoms with Crippen molar-refractivity contribution in [1.82, 2.24) is 4.90 Å². The molecule has 0 unspecified atom stereocenters. The second-order valence-corrected chi connectivity index (χ2v) is 7.67. The van der Waals surface area contributed by atoms with Crippen molar-refractivity contribution in [3.63, 3.8) is 0 Å².